The normalized spacial score (nSPS) is 18.2. The molecule has 0 radical (unpaired) electrons. The van der Waals surface area contributed by atoms with Gasteiger partial charge in [-0.25, -0.2) is 0 Å². The lowest BCUT2D eigenvalue weighted by Crippen LogP contribution is -2.32. The van der Waals surface area contributed by atoms with Crippen molar-refractivity contribution in [2.24, 2.45) is 4.40 Å². The van der Waals surface area contributed by atoms with E-state index in [0.29, 0.717) is 10.0 Å². The van der Waals surface area contributed by atoms with Gasteiger partial charge in [-0.05, 0) is 30.2 Å². The van der Waals surface area contributed by atoms with E-state index in [1.165, 1.54) is 0 Å². The number of allylic oxidation sites excluding steroid dienone is 2. The van der Waals surface area contributed by atoms with Crippen LogP contribution in [0.15, 0.2) is 40.9 Å². The van der Waals surface area contributed by atoms with Crippen molar-refractivity contribution in [3.05, 3.63) is 52.2 Å². The van der Waals surface area contributed by atoms with Crippen LogP contribution in [0.5, 0.6) is 0 Å². The van der Waals surface area contributed by atoms with Gasteiger partial charge in [0, 0.05) is 29.6 Å². The molecule has 1 aromatic carbocycles. The van der Waals surface area contributed by atoms with Crippen molar-refractivity contribution in [2.45, 2.75) is 0 Å². The first-order valence-electron chi connectivity index (χ1n) is 5.57. The Kier molecular flexibility index (Phi) is 3.37. The highest BCUT2D eigenvalue weighted by molar-refractivity contribution is 7.98. The van der Waals surface area contributed by atoms with Gasteiger partial charge < -0.3 is 4.90 Å². The maximum atomic E-state index is 6.28. The summed E-state index contributed by atoms with van der Waals surface area (Å²) < 4.78 is 4.52. The summed E-state index contributed by atoms with van der Waals surface area (Å²) in [5, 5.41) is 1.15. The molecular formula is C13H10Cl2N2S. The third kappa shape index (κ3) is 2.07. The first-order chi connectivity index (χ1) is 8.77. The lowest BCUT2D eigenvalue weighted by molar-refractivity contribution is 0.594. The zero-order valence-corrected chi connectivity index (χ0v) is 11.8. The van der Waals surface area contributed by atoms with Crippen LogP contribution in [0.3, 0.4) is 0 Å². The maximum absolute atomic E-state index is 6.28. The van der Waals surface area contributed by atoms with E-state index in [1.807, 2.05) is 30.5 Å². The number of fused-ring (bicyclic) bond motifs is 1. The molecule has 2 aliphatic rings. The van der Waals surface area contributed by atoms with Crippen LogP contribution < -0.4 is 0 Å². The number of nitrogens with zero attached hydrogens (tertiary/aromatic N) is 2. The molecular weight excluding hydrogens is 287 g/mol. The molecule has 2 aliphatic heterocycles. The molecule has 0 atom stereocenters. The van der Waals surface area contributed by atoms with E-state index in [4.69, 9.17) is 23.2 Å². The second-order valence-corrected chi connectivity index (χ2v) is 5.60. The third-order valence-corrected chi connectivity index (χ3v) is 4.34. The van der Waals surface area contributed by atoms with E-state index in [2.05, 4.69) is 9.30 Å². The predicted molar refractivity (Wildman–Crippen MR) is 80.2 cm³/mol. The Labute approximate surface area is 120 Å². The molecule has 1 aromatic rings. The average Bonchev–Trinajstić information content (AvgIpc) is 2.41. The van der Waals surface area contributed by atoms with Crippen LogP contribution in [-0.2, 0) is 0 Å². The van der Waals surface area contributed by atoms with E-state index < -0.39 is 0 Å². The van der Waals surface area contributed by atoms with Gasteiger partial charge in [-0.15, -0.1) is 0 Å². The van der Waals surface area contributed by atoms with E-state index >= 15 is 0 Å². The molecule has 18 heavy (non-hydrogen) atoms. The molecule has 0 bridgehead atoms. The topological polar surface area (TPSA) is 15.6 Å². The van der Waals surface area contributed by atoms with Gasteiger partial charge in [0.05, 0.1) is 10.0 Å². The molecule has 92 valence electrons. The molecule has 0 aromatic heterocycles. The van der Waals surface area contributed by atoms with Gasteiger partial charge in [-0.1, -0.05) is 35.3 Å². The quantitative estimate of drug-likeness (QED) is 0.719. The number of halogens is 2. The molecule has 0 unspecified atom stereocenters. The Balaban J connectivity index is 2.11. The fourth-order valence-electron chi connectivity index (χ4n) is 1.99. The number of benzene rings is 1. The van der Waals surface area contributed by atoms with Crippen molar-refractivity contribution < 1.29 is 0 Å². The molecule has 0 N–H and O–H groups in total. The second kappa shape index (κ2) is 5.00. The SMILES string of the molecule is Clc1cccc(C2=CC=CN3CCSN=C23)c1Cl. The lowest BCUT2D eigenvalue weighted by Gasteiger charge is -2.29. The van der Waals surface area contributed by atoms with Crippen LogP contribution in [0, 0.1) is 0 Å². The summed E-state index contributed by atoms with van der Waals surface area (Å²) in [6.07, 6.45) is 6.08. The monoisotopic (exact) mass is 296 g/mol. The van der Waals surface area contributed by atoms with Crippen LogP contribution in [0.2, 0.25) is 10.0 Å². The fraction of sp³-hybridized carbons (Fsp3) is 0.154. The number of amidine groups is 1. The summed E-state index contributed by atoms with van der Waals surface area (Å²) in [5.41, 5.74) is 1.96. The van der Waals surface area contributed by atoms with Crippen molar-refractivity contribution in [2.75, 3.05) is 12.3 Å². The third-order valence-electron chi connectivity index (χ3n) is 2.86. The van der Waals surface area contributed by atoms with E-state index in [-0.39, 0.29) is 0 Å². The van der Waals surface area contributed by atoms with E-state index in [1.54, 1.807) is 18.0 Å². The molecule has 0 aliphatic carbocycles. The minimum absolute atomic E-state index is 0.570. The van der Waals surface area contributed by atoms with Gasteiger partial charge in [0.15, 0.2) is 0 Å². The summed E-state index contributed by atoms with van der Waals surface area (Å²) in [7, 11) is 0. The molecule has 0 saturated carbocycles. The van der Waals surface area contributed by atoms with Crippen LogP contribution in [0.25, 0.3) is 5.57 Å². The number of hydrogen-bond acceptors (Lipinski definition) is 3. The van der Waals surface area contributed by atoms with Gasteiger partial charge in [-0.2, -0.15) is 4.40 Å². The minimum atomic E-state index is 0.570. The van der Waals surface area contributed by atoms with Gasteiger partial charge in [-0.3, -0.25) is 0 Å². The van der Waals surface area contributed by atoms with Gasteiger partial charge >= 0.3 is 0 Å². The lowest BCUT2D eigenvalue weighted by atomic mass is 10.0. The highest BCUT2D eigenvalue weighted by Gasteiger charge is 2.23. The van der Waals surface area contributed by atoms with Crippen molar-refractivity contribution in [3.8, 4) is 0 Å². The summed E-state index contributed by atoms with van der Waals surface area (Å²) in [5.74, 6) is 1.96. The predicted octanol–water partition coefficient (Wildman–Crippen LogP) is 4.27. The Morgan fingerprint density at radius 1 is 1.28 bits per heavy atom. The Bertz CT molecular complexity index is 578. The number of hydrogen-bond donors (Lipinski definition) is 0. The number of rotatable bonds is 1. The Hall–Kier alpha value is -0.900. The second-order valence-electron chi connectivity index (χ2n) is 3.96. The zero-order chi connectivity index (χ0) is 12.5. The van der Waals surface area contributed by atoms with E-state index in [9.17, 15) is 0 Å². The molecule has 0 amide bonds. The summed E-state index contributed by atoms with van der Waals surface area (Å²) >= 11 is 13.9. The standard InChI is InChI=1S/C13H10Cl2N2S/c14-11-5-1-3-9(12(11)15)10-4-2-6-17-7-8-18-16-13(10)17/h1-6H,7-8H2. The molecule has 0 fully saturated rings. The minimum Gasteiger partial charge on any atom is -0.331 e. The molecule has 3 rings (SSSR count). The van der Waals surface area contributed by atoms with Crippen LogP contribution in [0.4, 0.5) is 0 Å². The van der Waals surface area contributed by atoms with Gasteiger partial charge in [0.1, 0.15) is 5.84 Å². The molecule has 5 heteroatoms. The van der Waals surface area contributed by atoms with Crippen molar-refractivity contribution in [1.29, 1.82) is 0 Å². The summed E-state index contributed by atoms with van der Waals surface area (Å²) in [6, 6.07) is 5.67. The van der Waals surface area contributed by atoms with Crippen LogP contribution in [-0.4, -0.2) is 23.0 Å². The van der Waals surface area contributed by atoms with Crippen molar-refractivity contribution in [3.63, 3.8) is 0 Å². The van der Waals surface area contributed by atoms with Crippen molar-refractivity contribution >= 4 is 46.6 Å². The maximum Gasteiger partial charge on any atom is 0.148 e. The summed E-state index contributed by atoms with van der Waals surface area (Å²) in [6.45, 7) is 0.968. The van der Waals surface area contributed by atoms with Crippen LogP contribution in [0.1, 0.15) is 5.56 Å². The van der Waals surface area contributed by atoms with Crippen molar-refractivity contribution in [1.82, 2.24) is 4.90 Å². The molecule has 0 saturated heterocycles. The molecule has 0 spiro atoms. The molecule has 2 nitrogen and oxygen atoms in total. The first-order valence-corrected chi connectivity index (χ1v) is 7.27. The molecule has 2 heterocycles. The average molecular weight is 297 g/mol. The summed E-state index contributed by atoms with van der Waals surface area (Å²) in [4.78, 5) is 2.14. The van der Waals surface area contributed by atoms with Crippen LogP contribution >= 0.6 is 35.1 Å². The zero-order valence-electron chi connectivity index (χ0n) is 9.44. The smallest absolute Gasteiger partial charge is 0.148 e. The Morgan fingerprint density at radius 2 is 2.17 bits per heavy atom. The first kappa shape index (κ1) is 12.2. The van der Waals surface area contributed by atoms with Gasteiger partial charge in [0.25, 0.3) is 0 Å². The van der Waals surface area contributed by atoms with E-state index in [0.717, 1.165) is 29.3 Å². The highest BCUT2D eigenvalue weighted by Crippen LogP contribution is 2.34. The van der Waals surface area contributed by atoms with Gasteiger partial charge in [0.2, 0.25) is 0 Å². The highest BCUT2D eigenvalue weighted by atomic mass is 35.5. The largest absolute Gasteiger partial charge is 0.331 e. The Morgan fingerprint density at radius 3 is 3.06 bits per heavy atom. The fourth-order valence-corrected chi connectivity index (χ4v) is 3.09.